The summed E-state index contributed by atoms with van der Waals surface area (Å²) in [4.78, 5) is 23.3. The first-order chi connectivity index (χ1) is 9.11. The molecule has 1 unspecified atom stereocenters. The van der Waals surface area contributed by atoms with E-state index in [1.807, 2.05) is 19.1 Å². The second-order valence-corrected chi connectivity index (χ2v) is 5.79. The van der Waals surface area contributed by atoms with Crippen molar-refractivity contribution in [3.63, 3.8) is 0 Å². The Bertz CT molecular complexity index is 488. The number of carboxylic acids is 1. The fourth-order valence-electron chi connectivity index (χ4n) is 1.75. The summed E-state index contributed by atoms with van der Waals surface area (Å²) in [6, 6.07) is 6.15. The minimum Gasteiger partial charge on any atom is -0.481 e. The molecule has 0 aliphatic rings. The van der Waals surface area contributed by atoms with Crippen molar-refractivity contribution in [2.45, 2.75) is 39.3 Å². The summed E-state index contributed by atoms with van der Waals surface area (Å²) in [7, 11) is 0. The maximum absolute atomic E-state index is 12.0. The Balaban J connectivity index is 2.99. The number of hydrogen-bond donors (Lipinski definition) is 2. The van der Waals surface area contributed by atoms with E-state index in [4.69, 9.17) is 10.5 Å². The predicted molar refractivity (Wildman–Crippen MR) is 75.1 cm³/mol. The van der Waals surface area contributed by atoms with Gasteiger partial charge in [0, 0.05) is 0 Å². The number of carboxylic acid groups (broad SMARTS) is 1. The van der Waals surface area contributed by atoms with Gasteiger partial charge in [0.2, 0.25) is 0 Å². The molecule has 0 saturated heterocycles. The molecule has 0 aromatic heterocycles. The number of esters is 1. The zero-order valence-corrected chi connectivity index (χ0v) is 12.2. The van der Waals surface area contributed by atoms with Gasteiger partial charge in [-0.2, -0.15) is 0 Å². The van der Waals surface area contributed by atoms with E-state index in [2.05, 4.69) is 0 Å². The minimum absolute atomic E-state index is 0.592. The predicted octanol–water partition coefficient (Wildman–Crippen LogP) is 2.04. The van der Waals surface area contributed by atoms with Gasteiger partial charge in [-0.25, -0.2) is 0 Å². The first-order valence-corrected chi connectivity index (χ1v) is 6.39. The van der Waals surface area contributed by atoms with Crippen LogP contribution >= 0.6 is 0 Å². The van der Waals surface area contributed by atoms with Crippen LogP contribution in [-0.4, -0.2) is 22.6 Å². The van der Waals surface area contributed by atoms with Gasteiger partial charge in [0.05, 0.1) is 6.04 Å². The number of aliphatic carboxylic acids is 1. The SMILES string of the molecule is Cc1ccc(C(N)[C@H](C(=O)O)C(=O)OC(C)(C)C)cc1. The average molecular weight is 279 g/mol. The highest BCUT2D eigenvalue weighted by Gasteiger charge is 2.37. The van der Waals surface area contributed by atoms with Gasteiger partial charge in [0.1, 0.15) is 5.60 Å². The fraction of sp³-hybridized carbons (Fsp3) is 0.467. The zero-order valence-electron chi connectivity index (χ0n) is 12.2. The van der Waals surface area contributed by atoms with Crippen LogP contribution in [0.1, 0.15) is 37.9 Å². The molecule has 0 heterocycles. The number of ether oxygens (including phenoxy) is 1. The third kappa shape index (κ3) is 4.35. The molecule has 1 rings (SSSR count). The number of carbonyl (C=O) groups is 2. The standard InChI is InChI=1S/C15H21NO4/c1-9-5-7-10(8-6-9)12(16)11(13(17)18)14(19)20-15(2,3)4/h5-8,11-12H,16H2,1-4H3,(H,17,18)/t11-,12?/m1/s1. The van der Waals surface area contributed by atoms with E-state index >= 15 is 0 Å². The third-order valence-corrected chi connectivity index (χ3v) is 2.75. The summed E-state index contributed by atoms with van der Waals surface area (Å²) >= 11 is 0. The number of nitrogens with two attached hydrogens (primary N) is 1. The Morgan fingerprint density at radius 2 is 1.70 bits per heavy atom. The van der Waals surface area contributed by atoms with Gasteiger partial charge in [0.25, 0.3) is 0 Å². The van der Waals surface area contributed by atoms with Gasteiger partial charge in [-0.15, -0.1) is 0 Å². The molecule has 0 bridgehead atoms. The molecule has 0 aliphatic heterocycles. The van der Waals surface area contributed by atoms with Crippen LogP contribution in [0.3, 0.4) is 0 Å². The second kappa shape index (κ2) is 6.05. The van der Waals surface area contributed by atoms with E-state index in [0.717, 1.165) is 5.56 Å². The number of benzene rings is 1. The first-order valence-electron chi connectivity index (χ1n) is 6.39. The van der Waals surface area contributed by atoms with Gasteiger partial charge in [-0.05, 0) is 33.3 Å². The van der Waals surface area contributed by atoms with Crippen molar-refractivity contribution in [3.05, 3.63) is 35.4 Å². The summed E-state index contributed by atoms with van der Waals surface area (Å²) < 4.78 is 5.13. The van der Waals surface area contributed by atoms with E-state index in [1.165, 1.54) is 0 Å². The van der Waals surface area contributed by atoms with E-state index < -0.39 is 29.5 Å². The normalized spacial score (nSPS) is 14.4. The lowest BCUT2D eigenvalue weighted by molar-refractivity contribution is -0.167. The molecule has 0 saturated carbocycles. The molecular formula is C15H21NO4. The summed E-state index contributed by atoms with van der Waals surface area (Å²) in [5.74, 6) is -3.53. The van der Waals surface area contributed by atoms with Crippen LogP contribution in [0.15, 0.2) is 24.3 Å². The maximum Gasteiger partial charge on any atom is 0.322 e. The lowest BCUT2D eigenvalue weighted by Gasteiger charge is -2.25. The number of carbonyl (C=O) groups excluding carboxylic acids is 1. The summed E-state index contributed by atoms with van der Waals surface area (Å²) in [5.41, 5.74) is 6.80. The van der Waals surface area contributed by atoms with Crippen molar-refractivity contribution in [2.24, 2.45) is 11.7 Å². The summed E-state index contributed by atoms with van der Waals surface area (Å²) in [6.07, 6.45) is 0. The van der Waals surface area contributed by atoms with Crippen molar-refractivity contribution < 1.29 is 19.4 Å². The van der Waals surface area contributed by atoms with Gasteiger partial charge in [-0.1, -0.05) is 29.8 Å². The number of hydrogen-bond acceptors (Lipinski definition) is 4. The van der Waals surface area contributed by atoms with Gasteiger partial charge in [0.15, 0.2) is 5.92 Å². The van der Waals surface area contributed by atoms with E-state index in [0.29, 0.717) is 5.56 Å². The molecule has 3 N–H and O–H groups in total. The summed E-state index contributed by atoms with van der Waals surface area (Å²) in [5, 5.41) is 9.25. The molecule has 1 aromatic rings. The molecule has 110 valence electrons. The van der Waals surface area contributed by atoms with E-state index in [9.17, 15) is 14.7 Å². The van der Waals surface area contributed by atoms with Crippen LogP contribution in [0.5, 0.6) is 0 Å². The molecule has 5 nitrogen and oxygen atoms in total. The third-order valence-electron chi connectivity index (χ3n) is 2.75. The highest BCUT2D eigenvalue weighted by Crippen LogP contribution is 2.23. The fourth-order valence-corrected chi connectivity index (χ4v) is 1.75. The Hall–Kier alpha value is -1.88. The smallest absolute Gasteiger partial charge is 0.322 e. The van der Waals surface area contributed by atoms with Gasteiger partial charge < -0.3 is 15.6 Å². The molecule has 0 spiro atoms. The van der Waals surface area contributed by atoms with Crippen LogP contribution in [0.25, 0.3) is 0 Å². The van der Waals surface area contributed by atoms with Crippen LogP contribution in [0, 0.1) is 12.8 Å². The van der Waals surface area contributed by atoms with Gasteiger partial charge in [-0.3, -0.25) is 9.59 Å². The lowest BCUT2D eigenvalue weighted by atomic mass is 9.93. The average Bonchev–Trinajstić information content (AvgIpc) is 2.26. The van der Waals surface area contributed by atoms with Crippen molar-refractivity contribution in [3.8, 4) is 0 Å². The molecule has 0 amide bonds. The van der Waals surface area contributed by atoms with Crippen molar-refractivity contribution >= 4 is 11.9 Å². The van der Waals surface area contributed by atoms with E-state index in [-0.39, 0.29) is 0 Å². The molecule has 20 heavy (non-hydrogen) atoms. The van der Waals surface area contributed by atoms with Crippen LogP contribution in [0.2, 0.25) is 0 Å². The molecule has 0 aliphatic carbocycles. The maximum atomic E-state index is 12.0. The van der Waals surface area contributed by atoms with Crippen LogP contribution in [-0.2, 0) is 14.3 Å². The zero-order chi connectivity index (χ0) is 15.5. The molecule has 5 heteroatoms. The topological polar surface area (TPSA) is 89.6 Å². The second-order valence-electron chi connectivity index (χ2n) is 5.79. The Morgan fingerprint density at radius 1 is 1.20 bits per heavy atom. The minimum atomic E-state index is -1.42. The molecule has 0 fully saturated rings. The molecule has 2 atom stereocenters. The monoisotopic (exact) mass is 279 g/mol. The first kappa shape index (κ1) is 16.2. The highest BCUT2D eigenvalue weighted by atomic mass is 16.6. The van der Waals surface area contributed by atoms with Crippen molar-refractivity contribution in [1.82, 2.24) is 0 Å². The van der Waals surface area contributed by atoms with Gasteiger partial charge >= 0.3 is 11.9 Å². The molecule has 0 radical (unpaired) electrons. The van der Waals surface area contributed by atoms with Crippen LogP contribution in [0.4, 0.5) is 0 Å². The Kier molecular flexibility index (Phi) is 4.89. The Labute approximate surface area is 118 Å². The number of aryl methyl sites for hydroxylation is 1. The highest BCUT2D eigenvalue weighted by molar-refractivity contribution is 5.95. The molecular weight excluding hydrogens is 258 g/mol. The number of rotatable bonds is 4. The largest absolute Gasteiger partial charge is 0.481 e. The quantitative estimate of drug-likeness (QED) is 0.650. The van der Waals surface area contributed by atoms with E-state index in [1.54, 1.807) is 32.9 Å². The lowest BCUT2D eigenvalue weighted by Crippen LogP contribution is -2.39. The summed E-state index contributed by atoms with van der Waals surface area (Å²) in [6.45, 7) is 6.96. The Morgan fingerprint density at radius 3 is 2.10 bits per heavy atom. The van der Waals surface area contributed by atoms with Crippen molar-refractivity contribution in [1.29, 1.82) is 0 Å². The molecule has 1 aromatic carbocycles. The van der Waals surface area contributed by atoms with Crippen molar-refractivity contribution in [2.75, 3.05) is 0 Å². The van der Waals surface area contributed by atoms with Crippen LogP contribution < -0.4 is 5.73 Å².